The van der Waals surface area contributed by atoms with E-state index in [0.29, 0.717) is 24.0 Å². The van der Waals surface area contributed by atoms with Crippen molar-refractivity contribution in [2.24, 2.45) is 0 Å². The molecule has 1 N–H and O–H groups in total. The summed E-state index contributed by atoms with van der Waals surface area (Å²) in [6.07, 6.45) is 2.65. The molecule has 2 aromatic carbocycles. The van der Waals surface area contributed by atoms with Crippen LogP contribution in [0.4, 0.5) is 18.9 Å². The molecule has 13 heteroatoms. The lowest BCUT2D eigenvalue weighted by molar-refractivity contribution is -0.138. The van der Waals surface area contributed by atoms with Gasteiger partial charge in [0, 0.05) is 54.2 Å². The van der Waals surface area contributed by atoms with Gasteiger partial charge in [-0.25, -0.2) is 18.4 Å². The molecule has 3 aromatic heterocycles. The Morgan fingerprint density at radius 1 is 0.932 bits per heavy atom. The lowest BCUT2D eigenvalue weighted by Gasteiger charge is -2.16. The summed E-state index contributed by atoms with van der Waals surface area (Å²) >= 11 is 5.95. The van der Waals surface area contributed by atoms with E-state index in [-0.39, 0.29) is 21.2 Å². The quantitative estimate of drug-likeness (QED) is 0.201. The first kappa shape index (κ1) is 30.8. The molecule has 5 rings (SSSR count). The van der Waals surface area contributed by atoms with Gasteiger partial charge in [-0.3, -0.25) is 14.8 Å². The Kier molecular flexibility index (Phi) is 8.75. The fourth-order valence-electron chi connectivity index (χ4n) is 4.45. The highest BCUT2D eigenvalue weighted by Crippen LogP contribution is 2.36. The Labute approximate surface area is 255 Å². The largest absolute Gasteiger partial charge is 0.416 e. The van der Waals surface area contributed by atoms with Crippen LogP contribution in [0.3, 0.4) is 0 Å². The minimum Gasteiger partial charge on any atom is -0.322 e. The number of aryl methyl sites for hydroxylation is 1. The molecule has 0 aliphatic heterocycles. The first-order valence-electron chi connectivity index (χ1n) is 13.1. The van der Waals surface area contributed by atoms with Crippen LogP contribution in [-0.2, 0) is 28.2 Å². The molecule has 1 amide bonds. The minimum absolute atomic E-state index is 0.150. The third-order valence-corrected chi connectivity index (χ3v) is 8.84. The maximum atomic E-state index is 14.0. The number of benzene rings is 2. The van der Waals surface area contributed by atoms with Gasteiger partial charge in [0.15, 0.2) is 9.84 Å². The second kappa shape index (κ2) is 12.5. The minimum atomic E-state index is -4.90. The van der Waals surface area contributed by atoms with E-state index in [1.165, 1.54) is 18.3 Å². The molecule has 0 unspecified atom stereocenters. The maximum Gasteiger partial charge on any atom is 0.416 e. The fraction of sp³-hybridized carbons (Fsp3) is 0.129. The Morgan fingerprint density at radius 3 is 2.45 bits per heavy atom. The van der Waals surface area contributed by atoms with Crippen LogP contribution in [0.15, 0.2) is 96.5 Å². The molecule has 0 radical (unpaired) electrons. The van der Waals surface area contributed by atoms with Gasteiger partial charge in [-0.05, 0) is 72.1 Å². The third kappa shape index (κ3) is 7.09. The number of rotatable bonds is 8. The Balaban J connectivity index is 1.37. The van der Waals surface area contributed by atoms with Crippen molar-refractivity contribution in [3.05, 3.63) is 130 Å². The number of sulfone groups is 1. The zero-order valence-corrected chi connectivity index (χ0v) is 24.6. The highest BCUT2D eigenvalue weighted by molar-refractivity contribution is 7.90. The number of halogens is 4. The maximum absolute atomic E-state index is 14.0. The molecule has 0 bridgehead atoms. The number of amides is 1. The number of hydrogen-bond acceptors (Lipinski definition) is 7. The Hall–Kier alpha value is -4.68. The molecule has 3 heterocycles. The van der Waals surface area contributed by atoms with Crippen molar-refractivity contribution in [2.75, 3.05) is 5.32 Å². The van der Waals surface area contributed by atoms with Crippen LogP contribution in [-0.4, -0.2) is 34.3 Å². The fourth-order valence-corrected chi connectivity index (χ4v) is 6.32. The smallest absolute Gasteiger partial charge is 0.322 e. The average molecular weight is 638 g/mol. The van der Waals surface area contributed by atoms with Crippen molar-refractivity contribution in [2.45, 2.75) is 30.2 Å². The second-order valence-electron chi connectivity index (χ2n) is 9.81. The van der Waals surface area contributed by atoms with Crippen LogP contribution >= 0.6 is 11.6 Å². The molecule has 44 heavy (non-hydrogen) atoms. The first-order chi connectivity index (χ1) is 20.9. The van der Waals surface area contributed by atoms with E-state index in [2.05, 4.69) is 25.3 Å². The van der Waals surface area contributed by atoms with Gasteiger partial charge in [-0.2, -0.15) is 13.2 Å². The molecule has 0 atom stereocenters. The molecular formula is C31H23ClF3N5O3S. The van der Waals surface area contributed by atoms with E-state index < -0.39 is 38.8 Å². The van der Waals surface area contributed by atoms with Crippen LogP contribution in [0.2, 0.25) is 5.02 Å². The van der Waals surface area contributed by atoms with E-state index in [9.17, 15) is 26.4 Å². The van der Waals surface area contributed by atoms with E-state index in [1.807, 2.05) is 13.0 Å². The van der Waals surface area contributed by atoms with Gasteiger partial charge in [0.25, 0.3) is 5.91 Å². The molecule has 0 aliphatic carbocycles. The van der Waals surface area contributed by atoms with E-state index in [1.54, 1.807) is 48.9 Å². The summed E-state index contributed by atoms with van der Waals surface area (Å²) in [6, 6.07) is 14.5. The van der Waals surface area contributed by atoms with Crippen LogP contribution in [0.25, 0.3) is 11.3 Å². The lowest BCUT2D eigenvalue weighted by Crippen LogP contribution is -2.16. The molecule has 0 aliphatic rings. The summed E-state index contributed by atoms with van der Waals surface area (Å²) in [5.74, 6) is -1.10. The number of hydrogen-bond donors (Lipinski definition) is 1. The summed E-state index contributed by atoms with van der Waals surface area (Å²) in [7, 11) is -4.25. The number of carbonyl (C=O) groups excluding carboxylic acids is 1. The third-order valence-electron chi connectivity index (χ3n) is 6.71. The van der Waals surface area contributed by atoms with Gasteiger partial charge in [-0.1, -0.05) is 23.7 Å². The SMILES string of the molecule is Cc1ccc(C(=O)Nc2ccc(CS(=O)(=O)c3cnccc3Cl)c(C(F)(F)F)c2)cc1Cc1nccc(-c2cccnc2)n1. The van der Waals surface area contributed by atoms with Crippen LogP contribution < -0.4 is 5.32 Å². The van der Waals surface area contributed by atoms with Crippen molar-refractivity contribution in [3.8, 4) is 11.3 Å². The predicted octanol–water partition coefficient (Wildman–Crippen LogP) is 6.73. The summed E-state index contributed by atoms with van der Waals surface area (Å²) in [5, 5.41) is 2.33. The Bertz CT molecular complexity index is 1960. The molecule has 0 fully saturated rings. The number of nitrogens with zero attached hydrogens (tertiary/aromatic N) is 4. The zero-order valence-electron chi connectivity index (χ0n) is 23.0. The normalized spacial score (nSPS) is 11.8. The number of nitrogens with one attached hydrogen (secondary N) is 1. The highest BCUT2D eigenvalue weighted by atomic mass is 35.5. The number of pyridine rings is 2. The average Bonchev–Trinajstić information content (AvgIpc) is 2.99. The summed E-state index contributed by atoms with van der Waals surface area (Å²) in [4.78, 5) is 29.5. The molecule has 8 nitrogen and oxygen atoms in total. The number of carbonyl (C=O) groups is 1. The van der Waals surface area contributed by atoms with Crippen molar-refractivity contribution in [3.63, 3.8) is 0 Å². The van der Waals surface area contributed by atoms with Gasteiger partial charge < -0.3 is 5.32 Å². The number of aromatic nitrogens is 4. The molecule has 224 valence electrons. The summed E-state index contributed by atoms with van der Waals surface area (Å²) in [6.45, 7) is 1.86. The van der Waals surface area contributed by atoms with Crippen molar-refractivity contribution in [1.29, 1.82) is 0 Å². The van der Waals surface area contributed by atoms with Crippen LogP contribution in [0, 0.1) is 6.92 Å². The predicted molar refractivity (Wildman–Crippen MR) is 159 cm³/mol. The van der Waals surface area contributed by atoms with Gasteiger partial charge in [0.2, 0.25) is 0 Å². The summed E-state index contributed by atoms with van der Waals surface area (Å²) < 4.78 is 67.8. The van der Waals surface area contributed by atoms with Gasteiger partial charge in [-0.15, -0.1) is 0 Å². The zero-order chi connectivity index (χ0) is 31.5. The topological polar surface area (TPSA) is 115 Å². The highest BCUT2D eigenvalue weighted by Gasteiger charge is 2.35. The lowest BCUT2D eigenvalue weighted by atomic mass is 10.0. The van der Waals surface area contributed by atoms with E-state index in [4.69, 9.17) is 11.6 Å². The van der Waals surface area contributed by atoms with Gasteiger partial charge in [0.1, 0.15) is 10.7 Å². The second-order valence-corrected chi connectivity index (χ2v) is 12.2. The molecule has 0 saturated carbocycles. The number of anilines is 1. The standard InChI is InChI=1S/C31H23ClF3N5O3S/c1-19-4-5-20(13-23(19)14-29-38-12-9-27(40-29)21-3-2-10-36-16-21)30(41)39-24-7-6-22(25(15-24)31(33,34)35)18-44(42,43)28-17-37-11-8-26(28)32/h2-13,15-17H,14,18H2,1H3,(H,39,41). The van der Waals surface area contributed by atoms with E-state index >= 15 is 0 Å². The molecule has 0 saturated heterocycles. The van der Waals surface area contributed by atoms with Crippen LogP contribution in [0.5, 0.6) is 0 Å². The Morgan fingerprint density at radius 2 is 1.73 bits per heavy atom. The van der Waals surface area contributed by atoms with Crippen molar-refractivity contribution in [1.82, 2.24) is 19.9 Å². The van der Waals surface area contributed by atoms with Gasteiger partial charge in [0.05, 0.1) is 22.0 Å². The van der Waals surface area contributed by atoms with Crippen molar-refractivity contribution < 1.29 is 26.4 Å². The summed E-state index contributed by atoms with van der Waals surface area (Å²) in [5.41, 5.74) is 1.49. The van der Waals surface area contributed by atoms with Crippen molar-refractivity contribution >= 4 is 33.0 Å². The number of alkyl halides is 3. The molecule has 5 aromatic rings. The van der Waals surface area contributed by atoms with Crippen LogP contribution in [0.1, 0.15) is 38.4 Å². The van der Waals surface area contributed by atoms with Gasteiger partial charge >= 0.3 is 6.18 Å². The molecular weight excluding hydrogens is 615 g/mol. The molecule has 0 spiro atoms. The van der Waals surface area contributed by atoms with E-state index in [0.717, 1.165) is 29.0 Å². The first-order valence-corrected chi connectivity index (χ1v) is 15.1. The monoisotopic (exact) mass is 637 g/mol.